The molecular weight excluding hydrogens is 385 g/mol. The second-order valence-electron chi connectivity index (χ2n) is 6.82. The number of aryl methyl sites for hydroxylation is 1. The number of rotatable bonds is 4. The molecule has 0 bridgehead atoms. The molecule has 4 rings (SSSR count). The van der Waals surface area contributed by atoms with Gasteiger partial charge in [0.1, 0.15) is 0 Å². The van der Waals surface area contributed by atoms with Crippen molar-refractivity contribution in [2.75, 3.05) is 5.32 Å². The zero-order valence-corrected chi connectivity index (χ0v) is 15.9. The lowest BCUT2D eigenvalue weighted by atomic mass is 10.0. The third-order valence-electron chi connectivity index (χ3n) is 4.71. The highest BCUT2D eigenvalue weighted by molar-refractivity contribution is 6.13. The predicted octanol–water partition coefficient (Wildman–Crippen LogP) is 5.51. The molecule has 1 aromatic heterocycles. The highest BCUT2D eigenvalue weighted by atomic mass is 19.1. The van der Waals surface area contributed by atoms with E-state index in [9.17, 15) is 19.3 Å². The Kier molecular flexibility index (Phi) is 4.93. The van der Waals surface area contributed by atoms with E-state index in [1.54, 1.807) is 18.2 Å². The number of nitrogens with one attached hydrogen (secondary N) is 1. The zero-order chi connectivity index (χ0) is 21.3. The fourth-order valence-corrected chi connectivity index (χ4v) is 3.16. The van der Waals surface area contributed by atoms with Crippen molar-refractivity contribution in [2.45, 2.75) is 6.92 Å². The molecule has 0 unspecified atom stereocenters. The van der Waals surface area contributed by atoms with Gasteiger partial charge in [0.05, 0.1) is 21.7 Å². The highest BCUT2D eigenvalue weighted by Gasteiger charge is 2.18. The molecule has 6 nitrogen and oxygen atoms in total. The van der Waals surface area contributed by atoms with Crippen LogP contribution in [-0.4, -0.2) is 15.8 Å². The second-order valence-corrected chi connectivity index (χ2v) is 6.82. The minimum atomic E-state index is -0.964. The summed E-state index contributed by atoms with van der Waals surface area (Å²) in [6.07, 6.45) is 0. The molecule has 0 spiro atoms. The molecule has 4 aromatic rings. The van der Waals surface area contributed by atoms with Crippen LogP contribution in [0.25, 0.3) is 22.2 Å². The van der Waals surface area contributed by atoms with E-state index in [2.05, 4.69) is 10.3 Å². The molecule has 3 aromatic carbocycles. The van der Waals surface area contributed by atoms with Crippen molar-refractivity contribution in [1.29, 1.82) is 0 Å². The van der Waals surface area contributed by atoms with Gasteiger partial charge < -0.3 is 5.32 Å². The molecule has 0 aliphatic rings. The first-order valence-electron chi connectivity index (χ1n) is 9.14. The highest BCUT2D eigenvalue weighted by Crippen LogP contribution is 2.27. The number of anilines is 1. The number of carbonyl (C=O) groups is 1. The van der Waals surface area contributed by atoms with E-state index in [0.717, 1.165) is 23.3 Å². The van der Waals surface area contributed by atoms with Crippen molar-refractivity contribution in [3.05, 3.63) is 99.9 Å². The van der Waals surface area contributed by atoms with Crippen LogP contribution >= 0.6 is 0 Å². The number of nitro benzene ring substituents is 1. The van der Waals surface area contributed by atoms with Gasteiger partial charge in [-0.2, -0.15) is 4.39 Å². The van der Waals surface area contributed by atoms with Gasteiger partial charge in [-0.25, -0.2) is 4.98 Å². The number of benzene rings is 3. The Morgan fingerprint density at radius 3 is 2.50 bits per heavy atom. The minimum absolute atomic E-state index is 0.130. The van der Waals surface area contributed by atoms with E-state index in [1.165, 1.54) is 6.07 Å². The first-order valence-corrected chi connectivity index (χ1v) is 9.14. The normalized spacial score (nSPS) is 10.7. The molecule has 0 saturated heterocycles. The second kappa shape index (κ2) is 7.71. The summed E-state index contributed by atoms with van der Waals surface area (Å²) in [6, 6.07) is 19.9. The number of hydrogen-bond donors (Lipinski definition) is 1. The number of fused-ring (bicyclic) bond motifs is 1. The molecule has 0 radical (unpaired) electrons. The maximum absolute atomic E-state index is 13.6. The molecule has 7 heteroatoms. The van der Waals surface area contributed by atoms with Crippen LogP contribution in [0.5, 0.6) is 0 Å². The van der Waals surface area contributed by atoms with E-state index in [0.29, 0.717) is 22.2 Å². The van der Waals surface area contributed by atoms with Crippen LogP contribution < -0.4 is 5.32 Å². The summed E-state index contributed by atoms with van der Waals surface area (Å²) < 4.78 is 13.6. The lowest BCUT2D eigenvalue weighted by molar-refractivity contribution is -0.387. The van der Waals surface area contributed by atoms with Crippen LogP contribution in [-0.2, 0) is 0 Å². The van der Waals surface area contributed by atoms with Gasteiger partial charge in [0, 0.05) is 22.7 Å². The van der Waals surface area contributed by atoms with E-state index >= 15 is 0 Å². The molecule has 0 aliphatic heterocycles. The van der Waals surface area contributed by atoms with Crippen LogP contribution in [0.1, 0.15) is 15.9 Å². The molecule has 1 amide bonds. The predicted molar refractivity (Wildman–Crippen MR) is 113 cm³/mol. The largest absolute Gasteiger partial charge is 0.322 e. The van der Waals surface area contributed by atoms with E-state index in [-0.39, 0.29) is 5.69 Å². The first kappa shape index (κ1) is 19.2. The molecule has 0 aliphatic carbocycles. The van der Waals surface area contributed by atoms with Crippen molar-refractivity contribution >= 4 is 28.2 Å². The van der Waals surface area contributed by atoms with E-state index in [1.807, 2.05) is 43.3 Å². The standard InChI is InChI=1S/C23H16FN3O3/c1-14-6-8-15(9-7-14)21-13-18(17-4-2-3-5-20(17)26-21)23(28)25-16-10-11-19(24)22(12-16)27(29)30/h2-13H,1H3,(H,25,28). The average molecular weight is 401 g/mol. The number of hydrogen-bond acceptors (Lipinski definition) is 4. The number of amides is 1. The summed E-state index contributed by atoms with van der Waals surface area (Å²) >= 11 is 0. The first-order chi connectivity index (χ1) is 14.4. The fraction of sp³-hybridized carbons (Fsp3) is 0.0435. The smallest absolute Gasteiger partial charge is 0.306 e. The quantitative estimate of drug-likeness (QED) is 0.361. The van der Waals surface area contributed by atoms with Gasteiger partial charge in [0.15, 0.2) is 0 Å². The molecule has 0 saturated carbocycles. The number of halogens is 1. The Hall–Kier alpha value is -4.13. The van der Waals surface area contributed by atoms with Crippen LogP contribution in [0.15, 0.2) is 72.8 Å². The minimum Gasteiger partial charge on any atom is -0.322 e. The van der Waals surface area contributed by atoms with Crippen LogP contribution in [0.3, 0.4) is 0 Å². The number of pyridine rings is 1. The van der Waals surface area contributed by atoms with Crippen molar-refractivity contribution in [3.63, 3.8) is 0 Å². The third-order valence-corrected chi connectivity index (χ3v) is 4.71. The summed E-state index contributed by atoms with van der Waals surface area (Å²) in [4.78, 5) is 27.8. The van der Waals surface area contributed by atoms with Crippen LogP contribution in [0.2, 0.25) is 0 Å². The van der Waals surface area contributed by atoms with E-state index < -0.39 is 22.3 Å². The maximum atomic E-state index is 13.6. The molecule has 148 valence electrons. The van der Waals surface area contributed by atoms with Crippen LogP contribution in [0.4, 0.5) is 15.8 Å². The number of para-hydroxylation sites is 1. The topological polar surface area (TPSA) is 85.1 Å². The average Bonchev–Trinajstić information content (AvgIpc) is 2.74. The van der Waals surface area contributed by atoms with Crippen LogP contribution in [0, 0.1) is 22.9 Å². The van der Waals surface area contributed by atoms with Gasteiger partial charge in [0.2, 0.25) is 5.82 Å². The molecular formula is C23H16FN3O3. The number of carbonyl (C=O) groups excluding carboxylic acids is 1. The number of nitrogens with zero attached hydrogens (tertiary/aromatic N) is 2. The van der Waals surface area contributed by atoms with Crippen molar-refractivity contribution < 1.29 is 14.1 Å². The Bertz CT molecular complexity index is 1290. The molecule has 0 fully saturated rings. The monoisotopic (exact) mass is 401 g/mol. The third kappa shape index (κ3) is 3.73. The lowest BCUT2D eigenvalue weighted by Gasteiger charge is -2.11. The Morgan fingerprint density at radius 1 is 1.03 bits per heavy atom. The van der Waals surface area contributed by atoms with Gasteiger partial charge in [-0.05, 0) is 31.2 Å². The van der Waals surface area contributed by atoms with Gasteiger partial charge in [-0.3, -0.25) is 14.9 Å². The summed E-state index contributed by atoms with van der Waals surface area (Å²) in [7, 11) is 0. The fourth-order valence-electron chi connectivity index (χ4n) is 3.16. The maximum Gasteiger partial charge on any atom is 0.306 e. The Labute approximate surface area is 171 Å². The number of nitro groups is 1. The summed E-state index contributed by atoms with van der Waals surface area (Å²) in [5.41, 5.74) is 3.03. The Morgan fingerprint density at radius 2 is 1.77 bits per heavy atom. The van der Waals surface area contributed by atoms with Crippen molar-refractivity contribution in [2.24, 2.45) is 0 Å². The van der Waals surface area contributed by atoms with Crippen molar-refractivity contribution in [1.82, 2.24) is 4.98 Å². The van der Waals surface area contributed by atoms with Gasteiger partial charge in [-0.1, -0.05) is 48.0 Å². The van der Waals surface area contributed by atoms with Gasteiger partial charge in [0.25, 0.3) is 5.91 Å². The summed E-state index contributed by atoms with van der Waals surface area (Å²) in [5.74, 6) is -1.43. The molecule has 1 N–H and O–H groups in total. The Balaban J connectivity index is 1.77. The summed E-state index contributed by atoms with van der Waals surface area (Å²) in [5, 5.41) is 14.2. The molecule has 30 heavy (non-hydrogen) atoms. The number of aromatic nitrogens is 1. The van der Waals surface area contributed by atoms with Gasteiger partial charge in [-0.15, -0.1) is 0 Å². The summed E-state index contributed by atoms with van der Waals surface area (Å²) in [6.45, 7) is 1.98. The molecule has 0 atom stereocenters. The lowest BCUT2D eigenvalue weighted by Crippen LogP contribution is -2.13. The zero-order valence-electron chi connectivity index (χ0n) is 15.9. The van der Waals surface area contributed by atoms with E-state index in [4.69, 9.17) is 0 Å². The molecule has 1 heterocycles. The SMILES string of the molecule is Cc1ccc(-c2cc(C(=O)Nc3ccc(F)c([N+](=O)[O-])c3)c3ccccc3n2)cc1. The van der Waals surface area contributed by atoms with Crippen molar-refractivity contribution in [3.8, 4) is 11.3 Å². The van der Waals surface area contributed by atoms with Gasteiger partial charge >= 0.3 is 5.69 Å².